The van der Waals surface area contributed by atoms with E-state index in [-0.39, 0.29) is 12.5 Å². The van der Waals surface area contributed by atoms with Crippen LogP contribution in [0.5, 0.6) is 0 Å². The van der Waals surface area contributed by atoms with E-state index >= 15 is 0 Å². The molecule has 74 valence electrons. The lowest BCUT2D eigenvalue weighted by Crippen LogP contribution is -2.61. The molecule has 0 aliphatic carbocycles. The van der Waals surface area contributed by atoms with Gasteiger partial charge in [-0.2, -0.15) is 0 Å². The topological polar surface area (TPSA) is 90.7 Å². The van der Waals surface area contributed by atoms with E-state index in [4.69, 9.17) is 5.84 Å². The number of nitrogens with two attached hydrogens (primary N) is 1. The summed E-state index contributed by atoms with van der Waals surface area (Å²) >= 11 is 0. The molecule has 1 aliphatic rings. The molecule has 1 rings (SSSR count). The molecule has 0 radical (unpaired) electrons. The Bertz CT molecular complexity index is 219. The van der Waals surface area contributed by atoms with Crippen LogP contribution < -0.4 is 16.6 Å². The first-order valence-corrected chi connectivity index (χ1v) is 3.93. The maximum atomic E-state index is 11.3. The Morgan fingerprint density at radius 2 is 2.46 bits per heavy atom. The average Bonchev–Trinajstić information content (AvgIpc) is 2.13. The van der Waals surface area contributed by atoms with E-state index < -0.39 is 6.03 Å². The molecule has 7 nitrogen and oxygen atoms in total. The van der Waals surface area contributed by atoms with E-state index in [2.05, 4.69) is 10.7 Å². The third-order valence-corrected chi connectivity index (χ3v) is 1.71. The zero-order chi connectivity index (χ0) is 9.84. The number of urea groups is 1. The molecule has 0 bridgehead atoms. The van der Waals surface area contributed by atoms with Crippen molar-refractivity contribution in [3.63, 3.8) is 0 Å². The van der Waals surface area contributed by atoms with E-state index in [0.29, 0.717) is 13.1 Å². The Morgan fingerprint density at radius 1 is 1.77 bits per heavy atom. The molecule has 0 aromatic heterocycles. The zero-order valence-electron chi connectivity index (χ0n) is 7.41. The molecule has 1 saturated heterocycles. The van der Waals surface area contributed by atoms with Crippen molar-refractivity contribution < 1.29 is 9.59 Å². The predicted molar refractivity (Wildman–Crippen MR) is 45.1 cm³/mol. The van der Waals surface area contributed by atoms with Crippen molar-refractivity contribution in [2.45, 2.75) is 0 Å². The Hall–Kier alpha value is -1.34. The van der Waals surface area contributed by atoms with Gasteiger partial charge in [0, 0.05) is 13.6 Å². The van der Waals surface area contributed by atoms with Gasteiger partial charge in [0.05, 0.1) is 6.54 Å². The molecule has 1 heterocycles. The van der Waals surface area contributed by atoms with Gasteiger partial charge < -0.3 is 5.32 Å². The first-order chi connectivity index (χ1) is 6.15. The van der Waals surface area contributed by atoms with Crippen molar-refractivity contribution >= 4 is 11.9 Å². The molecule has 0 unspecified atom stereocenters. The maximum Gasteiger partial charge on any atom is 0.348 e. The molecule has 0 saturated carbocycles. The molecule has 13 heavy (non-hydrogen) atoms. The summed E-state index contributed by atoms with van der Waals surface area (Å²) < 4.78 is 0. The number of nitrogens with one attached hydrogen (secondary N) is 2. The fourth-order valence-corrected chi connectivity index (χ4v) is 0.970. The number of carbonyl (C=O) groups is 2. The van der Waals surface area contributed by atoms with Gasteiger partial charge in [-0.15, -0.1) is 0 Å². The van der Waals surface area contributed by atoms with Crippen molar-refractivity contribution in [1.82, 2.24) is 20.8 Å². The van der Waals surface area contributed by atoms with Crippen LogP contribution >= 0.6 is 0 Å². The van der Waals surface area contributed by atoms with Gasteiger partial charge in [-0.05, 0) is 0 Å². The number of rotatable bonds is 2. The largest absolute Gasteiger partial charge is 0.358 e. The Balaban J connectivity index is 2.49. The number of hydrogen-bond donors (Lipinski definition) is 3. The van der Waals surface area contributed by atoms with Crippen LogP contribution in [0.1, 0.15) is 0 Å². The van der Waals surface area contributed by atoms with Gasteiger partial charge in [0.15, 0.2) is 0 Å². The fourth-order valence-electron chi connectivity index (χ4n) is 0.970. The monoisotopic (exact) mass is 187 g/mol. The molecule has 3 amide bonds. The summed E-state index contributed by atoms with van der Waals surface area (Å²) in [7, 11) is 1.51. The fraction of sp³-hybridized carbons (Fsp3) is 0.667. The quantitative estimate of drug-likeness (QED) is 0.339. The summed E-state index contributed by atoms with van der Waals surface area (Å²) in [6.07, 6.45) is 0. The summed E-state index contributed by atoms with van der Waals surface area (Å²) in [6.45, 7) is 0.978. The number of likely N-dealkylation sites (N-methyl/N-ethyl adjacent to an activating group) is 1. The summed E-state index contributed by atoms with van der Waals surface area (Å²) in [5.41, 5.74) is 2.77. The summed E-state index contributed by atoms with van der Waals surface area (Å²) in [4.78, 5) is 22.2. The molecule has 0 atom stereocenters. The van der Waals surface area contributed by atoms with Crippen LogP contribution in [0.15, 0.2) is 0 Å². The number of hydrogen-bond acceptors (Lipinski definition) is 4. The number of carbonyl (C=O) groups excluding carboxylic acids is 2. The van der Waals surface area contributed by atoms with Crippen molar-refractivity contribution in [1.29, 1.82) is 0 Å². The van der Waals surface area contributed by atoms with Gasteiger partial charge in [0.1, 0.15) is 6.54 Å². The van der Waals surface area contributed by atoms with E-state index in [0.717, 1.165) is 5.01 Å². The minimum absolute atomic E-state index is 0.0248. The zero-order valence-corrected chi connectivity index (χ0v) is 7.41. The molecule has 0 spiro atoms. The second-order valence-corrected chi connectivity index (χ2v) is 2.64. The highest BCUT2D eigenvalue weighted by molar-refractivity contribution is 5.83. The molecular formula is C6H13N5O2. The van der Waals surface area contributed by atoms with Crippen molar-refractivity contribution in [2.75, 3.05) is 26.7 Å². The summed E-state index contributed by atoms with van der Waals surface area (Å²) in [6, 6.07) is -0.394. The minimum Gasteiger partial charge on any atom is -0.358 e. The van der Waals surface area contributed by atoms with Crippen molar-refractivity contribution in [2.24, 2.45) is 5.84 Å². The lowest BCUT2D eigenvalue weighted by Gasteiger charge is -2.32. The second kappa shape index (κ2) is 4.06. The molecule has 4 N–H and O–H groups in total. The molecule has 1 aliphatic heterocycles. The van der Waals surface area contributed by atoms with E-state index in [1.807, 2.05) is 0 Å². The van der Waals surface area contributed by atoms with Crippen LogP contribution in [0.2, 0.25) is 0 Å². The van der Waals surface area contributed by atoms with Crippen LogP contribution in [-0.2, 0) is 4.79 Å². The highest BCUT2D eigenvalue weighted by Gasteiger charge is 2.24. The van der Waals surface area contributed by atoms with Crippen molar-refractivity contribution in [3.05, 3.63) is 0 Å². The number of amides is 3. The van der Waals surface area contributed by atoms with Crippen LogP contribution in [-0.4, -0.2) is 48.6 Å². The SMILES string of the molecule is CNC(=O)CN1NCCN(N)C1=O. The molecule has 0 aromatic rings. The predicted octanol–water partition coefficient (Wildman–Crippen LogP) is -2.15. The molecule has 1 fully saturated rings. The first kappa shape index (κ1) is 9.75. The molecule has 7 heteroatoms. The lowest BCUT2D eigenvalue weighted by molar-refractivity contribution is -0.122. The van der Waals surface area contributed by atoms with Gasteiger partial charge in [0.2, 0.25) is 5.91 Å². The number of hydrazine groups is 2. The van der Waals surface area contributed by atoms with Crippen LogP contribution in [0.25, 0.3) is 0 Å². The normalized spacial score (nSPS) is 17.5. The van der Waals surface area contributed by atoms with Gasteiger partial charge in [-0.3, -0.25) is 9.80 Å². The Morgan fingerprint density at radius 3 is 3.08 bits per heavy atom. The average molecular weight is 187 g/mol. The van der Waals surface area contributed by atoms with Crippen LogP contribution in [0.3, 0.4) is 0 Å². The highest BCUT2D eigenvalue weighted by Crippen LogP contribution is 1.95. The second-order valence-electron chi connectivity index (χ2n) is 2.64. The Kier molecular flexibility index (Phi) is 3.04. The molecular weight excluding hydrogens is 174 g/mol. The van der Waals surface area contributed by atoms with Crippen LogP contribution in [0, 0.1) is 0 Å². The van der Waals surface area contributed by atoms with Gasteiger partial charge in [0.25, 0.3) is 0 Å². The van der Waals surface area contributed by atoms with Crippen LogP contribution in [0.4, 0.5) is 4.79 Å². The smallest absolute Gasteiger partial charge is 0.348 e. The maximum absolute atomic E-state index is 11.3. The Labute approximate surface area is 75.8 Å². The third-order valence-electron chi connectivity index (χ3n) is 1.71. The van der Waals surface area contributed by atoms with Gasteiger partial charge in [-0.25, -0.2) is 21.1 Å². The summed E-state index contributed by atoms with van der Waals surface area (Å²) in [5, 5.41) is 4.67. The van der Waals surface area contributed by atoms with E-state index in [9.17, 15) is 9.59 Å². The standard InChI is InChI=1S/C6H13N5O2/c1-8-5(12)4-11-6(13)10(7)3-2-9-11/h9H,2-4,7H2,1H3,(H,8,12). The highest BCUT2D eigenvalue weighted by atomic mass is 16.2. The summed E-state index contributed by atoms with van der Waals surface area (Å²) in [5.74, 6) is 5.12. The first-order valence-electron chi connectivity index (χ1n) is 3.93. The van der Waals surface area contributed by atoms with Gasteiger partial charge >= 0.3 is 6.03 Å². The van der Waals surface area contributed by atoms with Gasteiger partial charge in [-0.1, -0.05) is 0 Å². The third kappa shape index (κ3) is 2.30. The number of nitrogens with zero attached hydrogens (tertiary/aromatic N) is 2. The van der Waals surface area contributed by atoms with Crippen molar-refractivity contribution in [3.8, 4) is 0 Å². The minimum atomic E-state index is -0.394. The molecule has 0 aromatic carbocycles. The van der Waals surface area contributed by atoms with E-state index in [1.165, 1.54) is 12.1 Å². The van der Waals surface area contributed by atoms with E-state index in [1.54, 1.807) is 0 Å². The lowest BCUT2D eigenvalue weighted by atomic mass is 10.5.